The zero-order valence-electron chi connectivity index (χ0n) is 27.1. The predicted molar refractivity (Wildman–Crippen MR) is 179 cm³/mol. The monoisotopic (exact) mass is 649 g/mol. The third-order valence-corrected chi connectivity index (χ3v) is 6.57. The van der Waals surface area contributed by atoms with Crippen LogP contribution >= 0.6 is 0 Å². The molecule has 0 unspecified atom stereocenters. The number of hydrogen-bond donors (Lipinski definition) is 3. The average Bonchev–Trinajstić information content (AvgIpc) is 3.72. The molecule has 1 amide bonds. The summed E-state index contributed by atoms with van der Waals surface area (Å²) in [6.45, 7) is 7.47. The van der Waals surface area contributed by atoms with Gasteiger partial charge in [0.15, 0.2) is 6.29 Å². The van der Waals surface area contributed by atoms with Gasteiger partial charge in [0, 0.05) is 70.7 Å². The summed E-state index contributed by atoms with van der Waals surface area (Å²) >= 11 is 0. The van der Waals surface area contributed by atoms with Crippen LogP contribution in [0.3, 0.4) is 0 Å². The second-order valence-electron chi connectivity index (χ2n) is 9.50. The van der Waals surface area contributed by atoms with E-state index in [4.69, 9.17) is 0 Å². The van der Waals surface area contributed by atoms with Crippen LogP contribution in [-0.2, 0) is 20.8 Å². The number of aryl methyl sites for hydroxylation is 1. The van der Waals surface area contributed by atoms with Gasteiger partial charge in [0.25, 0.3) is 11.2 Å². The number of benzene rings is 2. The molecule has 0 spiro atoms. The average molecular weight is 650 g/mol. The molecule has 15 nitrogen and oxygen atoms in total. The topological polar surface area (TPSA) is 192 Å². The van der Waals surface area contributed by atoms with Crippen molar-refractivity contribution in [3.8, 4) is 5.69 Å². The van der Waals surface area contributed by atoms with Crippen LogP contribution in [0, 0.1) is 17.0 Å². The van der Waals surface area contributed by atoms with E-state index in [0.29, 0.717) is 29.5 Å². The van der Waals surface area contributed by atoms with Crippen LogP contribution in [0.2, 0.25) is 0 Å². The fourth-order valence-corrected chi connectivity index (χ4v) is 4.04. The maximum Gasteiger partial charge on any atom is 0.295 e. The van der Waals surface area contributed by atoms with E-state index in [-0.39, 0.29) is 34.8 Å². The van der Waals surface area contributed by atoms with Gasteiger partial charge in [-0.3, -0.25) is 33.7 Å². The number of hydrogen-bond acceptors (Lipinski definition) is 10. The van der Waals surface area contributed by atoms with Crippen molar-refractivity contribution in [1.82, 2.24) is 24.3 Å². The smallest absolute Gasteiger partial charge is 0.295 e. The molecule has 0 aliphatic heterocycles. The first-order valence-corrected chi connectivity index (χ1v) is 14.4. The molecule has 3 N–H and O–H groups in total. The van der Waals surface area contributed by atoms with Gasteiger partial charge < -0.3 is 29.7 Å². The van der Waals surface area contributed by atoms with Gasteiger partial charge in [-0.05, 0) is 62.7 Å². The summed E-state index contributed by atoms with van der Waals surface area (Å²) in [5.41, 5.74) is 3.26. The maximum absolute atomic E-state index is 12.3. The fourth-order valence-electron chi connectivity index (χ4n) is 4.04. The third kappa shape index (κ3) is 9.91. The minimum atomic E-state index is -0.557. The first-order chi connectivity index (χ1) is 22.6. The van der Waals surface area contributed by atoms with Crippen LogP contribution < -0.4 is 16.2 Å². The van der Waals surface area contributed by atoms with Crippen LogP contribution in [0.15, 0.2) is 59.7 Å². The zero-order valence-corrected chi connectivity index (χ0v) is 27.1. The number of fused-ring (bicyclic) bond motifs is 3. The summed E-state index contributed by atoms with van der Waals surface area (Å²) in [5, 5.41) is 17.2. The molecule has 2 aromatic carbocycles. The van der Waals surface area contributed by atoms with Crippen LogP contribution in [0.1, 0.15) is 46.0 Å². The summed E-state index contributed by atoms with van der Waals surface area (Å²) in [4.78, 5) is 62.0. The van der Waals surface area contributed by atoms with Crippen molar-refractivity contribution in [2.45, 2.75) is 27.3 Å². The number of aromatic nitrogens is 4. The molecule has 3 aromatic heterocycles. The maximum atomic E-state index is 12.3. The Hall–Kier alpha value is -5.67. The molecule has 0 saturated heterocycles. The number of aromatic amines is 1. The number of aldehydes is 2. The molecular weight excluding hydrogens is 610 g/mol. The molecule has 0 saturated carbocycles. The Bertz CT molecular complexity index is 1830. The number of carbonyl (C=O) groups excluding carboxylic acids is 3. The highest BCUT2D eigenvalue weighted by Gasteiger charge is 2.21. The van der Waals surface area contributed by atoms with Crippen molar-refractivity contribution in [2.75, 3.05) is 39.8 Å². The number of rotatable bonds is 10. The largest absolute Gasteiger partial charge is 0.388 e. The Morgan fingerprint density at radius 3 is 2.17 bits per heavy atom. The number of methoxy groups -OCH3 is 2. The molecule has 47 heavy (non-hydrogen) atoms. The second-order valence-corrected chi connectivity index (χ2v) is 9.50. The normalized spacial score (nSPS) is 10.0. The lowest BCUT2D eigenvalue weighted by Crippen LogP contribution is -2.12. The Balaban J connectivity index is 0.000000350. The number of imidazole rings is 1. The van der Waals surface area contributed by atoms with E-state index in [1.54, 1.807) is 62.4 Å². The summed E-state index contributed by atoms with van der Waals surface area (Å²) in [6, 6.07) is 11.8. The molecule has 15 heteroatoms. The SMILES string of the molecule is CCOC.CCOC.CNc1ccc(C=O)cc1.Cc1c(C=O)nc2c(=O)[nH]c3cc([N+](=O)[O-])c(-n4ccc(CNC=O)c4)cc3n12. The predicted octanol–water partition coefficient (Wildman–Crippen LogP) is 4.09. The number of amides is 1. The summed E-state index contributed by atoms with van der Waals surface area (Å²) in [6.07, 6.45) is 5.24. The van der Waals surface area contributed by atoms with Crippen molar-refractivity contribution in [3.05, 3.63) is 97.8 Å². The van der Waals surface area contributed by atoms with Gasteiger partial charge in [-0.25, -0.2) is 4.98 Å². The number of carbonyl (C=O) groups is 3. The number of nitrogens with one attached hydrogen (secondary N) is 3. The molecule has 0 atom stereocenters. The van der Waals surface area contributed by atoms with E-state index < -0.39 is 10.5 Å². The third-order valence-electron chi connectivity index (χ3n) is 6.57. The molecular formula is C32H39N7O8. The van der Waals surface area contributed by atoms with Crippen molar-refractivity contribution < 1.29 is 28.8 Å². The van der Waals surface area contributed by atoms with Gasteiger partial charge in [0.1, 0.15) is 17.7 Å². The molecule has 0 aliphatic rings. The van der Waals surface area contributed by atoms with Crippen molar-refractivity contribution in [3.63, 3.8) is 0 Å². The highest BCUT2D eigenvalue weighted by Crippen LogP contribution is 2.29. The number of nitrogens with zero attached hydrogens (tertiary/aromatic N) is 4. The van der Waals surface area contributed by atoms with Gasteiger partial charge in [-0.1, -0.05) is 0 Å². The van der Waals surface area contributed by atoms with Crippen molar-refractivity contribution in [2.24, 2.45) is 0 Å². The lowest BCUT2D eigenvalue weighted by Gasteiger charge is -2.09. The van der Waals surface area contributed by atoms with Crippen molar-refractivity contribution >= 4 is 47.0 Å². The van der Waals surface area contributed by atoms with Crippen LogP contribution in [0.25, 0.3) is 22.4 Å². The first kappa shape index (κ1) is 37.5. The number of nitro benzene ring substituents is 1. The number of nitro groups is 1. The Morgan fingerprint density at radius 1 is 1.02 bits per heavy atom. The van der Waals surface area contributed by atoms with E-state index in [1.165, 1.54) is 10.5 Å². The van der Waals surface area contributed by atoms with Gasteiger partial charge in [-0.15, -0.1) is 0 Å². The Labute approximate surface area is 270 Å². The summed E-state index contributed by atoms with van der Waals surface area (Å²) in [5.74, 6) is 0. The van der Waals surface area contributed by atoms with Gasteiger partial charge >= 0.3 is 0 Å². The van der Waals surface area contributed by atoms with Crippen LogP contribution in [0.5, 0.6) is 0 Å². The zero-order chi connectivity index (χ0) is 34.9. The number of H-pyrrole nitrogens is 1. The minimum absolute atomic E-state index is 0.0280. The van der Waals surface area contributed by atoms with Crippen LogP contribution in [-0.4, -0.2) is 77.3 Å². The van der Waals surface area contributed by atoms with Crippen LogP contribution in [0.4, 0.5) is 11.4 Å². The molecule has 0 bridgehead atoms. The number of ether oxygens (including phenoxy) is 2. The lowest BCUT2D eigenvalue weighted by molar-refractivity contribution is -0.384. The molecule has 0 fully saturated rings. The molecule has 5 rings (SSSR count). The Kier molecular flexibility index (Phi) is 15.2. The van der Waals surface area contributed by atoms with E-state index in [1.807, 2.05) is 33.0 Å². The van der Waals surface area contributed by atoms with Gasteiger partial charge in [-0.2, -0.15) is 0 Å². The first-order valence-electron chi connectivity index (χ1n) is 14.4. The molecule has 250 valence electrons. The summed E-state index contributed by atoms with van der Waals surface area (Å²) in [7, 11) is 5.20. The van der Waals surface area contributed by atoms with E-state index in [9.17, 15) is 29.3 Å². The Morgan fingerprint density at radius 2 is 1.66 bits per heavy atom. The van der Waals surface area contributed by atoms with E-state index in [2.05, 4.69) is 30.1 Å². The van der Waals surface area contributed by atoms with E-state index in [0.717, 1.165) is 30.8 Å². The lowest BCUT2D eigenvalue weighted by atomic mass is 10.2. The highest BCUT2D eigenvalue weighted by molar-refractivity contribution is 5.86. The number of anilines is 1. The van der Waals surface area contributed by atoms with Gasteiger partial charge in [0.05, 0.1) is 21.7 Å². The highest BCUT2D eigenvalue weighted by atomic mass is 16.6. The quantitative estimate of drug-likeness (QED) is 0.113. The molecule has 0 aliphatic carbocycles. The van der Waals surface area contributed by atoms with Gasteiger partial charge in [0.2, 0.25) is 12.1 Å². The molecule has 0 radical (unpaired) electrons. The summed E-state index contributed by atoms with van der Waals surface area (Å²) < 4.78 is 12.1. The minimum Gasteiger partial charge on any atom is -0.388 e. The fraction of sp³-hybridized carbons (Fsp3) is 0.281. The second kappa shape index (κ2) is 19.0. The van der Waals surface area contributed by atoms with Crippen molar-refractivity contribution in [1.29, 1.82) is 0 Å². The molecule has 3 heterocycles. The standard InChI is InChI=1S/C18H14N6O5.C8H9NO.2C3H8O/c1-10-13(8-25)20-17-18(27)21-12-4-16(24(28)29)15(5-14(12)23(10)17)22-3-2-11(7-22)6-19-9-26;1-9-8-4-2-7(6-10)3-5-8;2*1-3-4-2/h2-5,7-9H,6H2,1H3,(H,19,26)(H,21,27);2-6,9H,1H3;2*3H2,1-2H3. The van der Waals surface area contributed by atoms with E-state index >= 15 is 0 Å². The molecule has 5 aromatic rings.